The molecule has 0 saturated carbocycles. The lowest BCUT2D eigenvalue weighted by Gasteiger charge is -2.17. The molecule has 2 amide bonds. The molecule has 2 heterocycles. The molecule has 0 saturated heterocycles. The summed E-state index contributed by atoms with van der Waals surface area (Å²) in [4.78, 5) is 44.6. The number of likely N-dealkylation sites (N-methyl/N-ethyl adjacent to an activating group) is 1. The molecule has 11 nitrogen and oxygen atoms in total. The van der Waals surface area contributed by atoms with E-state index in [0.29, 0.717) is 29.1 Å². The predicted molar refractivity (Wildman–Crippen MR) is 158 cm³/mol. The molecule has 5 rings (SSSR count). The molecule has 12 heteroatoms. The number of aliphatic hydroxyl groups is 1. The van der Waals surface area contributed by atoms with Gasteiger partial charge in [-0.25, -0.2) is 0 Å². The molecule has 214 valence electrons. The van der Waals surface area contributed by atoms with E-state index in [9.17, 15) is 19.7 Å². The zero-order chi connectivity index (χ0) is 29.3. The van der Waals surface area contributed by atoms with Crippen LogP contribution in [-0.2, 0) is 0 Å². The van der Waals surface area contributed by atoms with Crippen LogP contribution in [0.15, 0.2) is 48.5 Å². The highest BCUT2D eigenvalue weighted by Gasteiger charge is 2.37. The molecular weight excluding hydrogens is 550 g/mol. The van der Waals surface area contributed by atoms with Crippen molar-refractivity contribution in [1.29, 1.82) is 0 Å². The van der Waals surface area contributed by atoms with Crippen LogP contribution in [-0.4, -0.2) is 84.6 Å². The summed E-state index contributed by atoms with van der Waals surface area (Å²) in [5.74, 6) is -0.167. The number of anilines is 1. The number of ether oxygens (including phenoxy) is 1. The van der Waals surface area contributed by atoms with E-state index in [0.717, 1.165) is 23.0 Å². The number of halogens is 1. The summed E-state index contributed by atoms with van der Waals surface area (Å²) in [5, 5.41) is 25.4. The number of carbonyl (C=O) groups excluding carboxylic acids is 2. The number of aliphatic hydroxyl groups excluding tert-OH is 1. The minimum Gasteiger partial charge on any atom is -0.492 e. The van der Waals surface area contributed by atoms with Crippen LogP contribution in [0.25, 0.3) is 21.7 Å². The van der Waals surface area contributed by atoms with E-state index >= 15 is 0 Å². The summed E-state index contributed by atoms with van der Waals surface area (Å²) < 4.78 is 5.82. The maximum atomic E-state index is 13.8. The Bertz CT molecular complexity index is 1650. The van der Waals surface area contributed by atoms with Crippen LogP contribution in [0.1, 0.15) is 32.3 Å². The highest BCUT2D eigenvalue weighted by atomic mass is 35.5. The van der Waals surface area contributed by atoms with Crippen LogP contribution in [0.2, 0.25) is 0 Å². The molecule has 1 atom stereocenters. The van der Waals surface area contributed by atoms with Gasteiger partial charge in [-0.05, 0) is 61.4 Å². The van der Waals surface area contributed by atoms with Gasteiger partial charge in [0.2, 0.25) is 0 Å². The van der Waals surface area contributed by atoms with Crippen molar-refractivity contribution < 1.29 is 24.4 Å². The Morgan fingerprint density at radius 2 is 2.00 bits per heavy atom. The number of nitro benzene ring substituents is 1. The van der Waals surface area contributed by atoms with E-state index in [2.05, 4.69) is 10.3 Å². The van der Waals surface area contributed by atoms with Gasteiger partial charge in [-0.3, -0.25) is 19.7 Å². The Hall–Kier alpha value is -4.19. The number of nitro groups is 1. The summed E-state index contributed by atoms with van der Waals surface area (Å²) in [5.41, 5.74) is 2.25. The molecule has 0 radical (unpaired) electrons. The number of alkyl halides is 1. The molecule has 3 N–H and O–H groups in total. The number of benzene rings is 3. The number of non-ortho nitro benzene ring substituents is 1. The van der Waals surface area contributed by atoms with Crippen LogP contribution in [0.5, 0.6) is 5.75 Å². The summed E-state index contributed by atoms with van der Waals surface area (Å²) >= 11 is 6.35. The third kappa shape index (κ3) is 5.56. The van der Waals surface area contributed by atoms with E-state index in [1.807, 2.05) is 37.2 Å². The van der Waals surface area contributed by atoms with Crippen LogP contribution in [0.3, 0.4) is 0 Å². The molecule has 4 aromatic rings. The van der Waals surface area contributed by atoms with Gasteiger partial charge < -0.3 is 29.9 Å². The van der Waals surface area contributed by atoms with Crippen LogP contribution in [0.4, 0.5) is 11.4 Å². The fourth-order valence-electron chi connectivity index (χ4n) is 5.17. The maximum Gasteiger partial charge on any atom is 0.279 e. The minimum atomic E-state index is -0.518. The van der Waals surface area contributed by atoms with Gasteiger partial charge in [0.15, 0.2) is 0 Å². The number of hydrogen-bond donors (Lipinski definition) is 3. The molecule has 1 aliphatic heterocycles. The smallest absolute Gasteiger partial charge is 0.279 e. The lowest BCUT2D eigenvalue weighted by atomic mass is 9.93. The van der Waals surface area contributed by atoms with Crippen molar-refractivity contribution in [2.45, 2.75) is 5.92 Å². The highest BCUT2D eigenvalue weighted by Crippen LogP contribution is 2.46. The number of hydrogen-bond acceptors (Lipinski definition) is 7. The normalized spacial score (nSPS) is 14.6. The second-order valence-electron chi connectivity index (χ2n) is 10.2. The molecule has 1 aliphatic rings. The first-order valence-electron chi connectivity index (χ1n) is 13.1. The summed E-state index contributed by atoms with van der Waals surface area (Å²) in [7, 11) is 3.94. The van der Waals surface area contributed by atoms with E-state index < -0.39 is 10.8 Å². The second kappa shape index (κ2) is 11.7. The SMILES string of the molecule is CN(C)CCOc1ccc2[nH]c(C(=O)N3CC(CCl)c4c3cc([N+](=O)[O-])c3cc(C(=O)NCCO)ccc43)cc2c1. The van der Waals surface area contributed by atoms with Gasteiger partial charge in [0.1, 0.15) is 18.1 Å². The molecule has 41 heavy (non-hydrogen) atoms. The lowest BCUT2D eigenvalue weighted by molar-refractivity contribution is -0.383. The van der Waals surface area contributed by atoms with Crippen molar-refractivity contribution in [3.63, 3.8) is 0 Å². The molecular formula is C29H30ClN5O6. The average molecular weight is 580 g/mol. The van der Waals surface area contributed by atoms with Gasteiger partial charge in [0, 0.05) is 54.0 Å². The standard InChI is InChI=1S/C29H30ClN5O6/c1-33(2)8-10-41-20-4-6-23-18(11-20)13-24(32-23)29(38)34-16-19(15-30)27-21-5-3-17(28(37)31-7-9-36)12-22(21)25(35(39)40)14-26(27)34/h3-6,11-14,19,32,36H,7-10,15-16H2,1-2H3,(H,31,37). The van der Waals surface area contributed by atoms with E-state index in [1.165, 1.54) is 17.0 Å². The zero-order valence-electron chi connectivity index (χ0n) is 22.6. The number of amides is 2. The molecule has 3 aromatic carbocycles. The molecule has 0 fully saturated rings. The third-order valence-electron chi connectivity index (χ3n) is 7.15. The van der Waals surface area contributed by atoms with Gasteiger partial charge in [-0.2, -0.15) is 0 Å². The van der Waals surface area contributed by atoms with Crippen molar-refractivity contribution in [2.75, 3.05) is 57.7 Å². The number of rotatable bonds is 10. The van der Waals surface area contributed by atoms with Crippen LogP contribution in [0, 0.1) is 10.1 Å². The molecule has 0 aliphatic carbocycles. The average Bonchev–Trinajstić information content (AvgIpc) is 3.55. The number of H-pyrrole nitrogens is 1. The summed E-state index contributed by atoms with van der Waals surface area (Å²) in [6.45, 7) is 1.38. The fraction of sp³-hybridized carbons (Fsp3) is 0.310. The number of carbonyl (C=O) groups is 2. The Kier molecular flexibility index (Phi) is 8.11. The minimum absolute atomic E-state index is 0.0626. The quantitative estimate of drug-likeness (QED) is 0.147. The lowest BCUT2D eigenvalue weighted by Crippen LogP contribution is -2.30. The van der Waals surface area contributed by atoms with Crippen molar-refractivity contribution >= 4 is 56.5 Å². The Balaban J connectivity index is 1.52. The van der Waals surface area contributed by atoms with Crippen molar-refractivity contribution in [3.8, 4) is 5.75 Å². The first-order chi connectivity index (χ1) is 19.7. The number of fused-ring (bicyclic) bond motifs is 4. The number of nitrogens with one attached hydrogen (secondary N) is 2. The fourth-order valence-corrected chi connectivity index (χ4v) is 5.42. The number of aromatic nitrogens is 1. The number of nitrogens with zero attached hydrogens (tertiary/aromatic N) is 3. The first-order valence-corrected chi connectivity index (χ1v) is 13.7. The van der Waals surface area contributed by atoms with E-state index in [4.69, 9.17) is 21.4 Å². The van der Waals surface area contributed by atoms with Crippen molar-refractivity contribution in [3.05, 3.63) is 75.5 Å². The Morgan fingerprint density at radius 1 is 1.20 bits per heavy atom. The largest absolute Gasteiger partial charge is 0.492 e. The zero-order valence-corrected chi connectivity index (χ0v) is 23.4. The predicted octanol–water partition coefficient (Wildman–Crippen LogP) is 3.87. The van der Waals surface area contributed by atoms with Gasteiger partial charge in [-0.1, -0.05) is 6.07 Å². The van der Waals surface area contributed by atoms with Crippen molar-refractivity contribution in [2.24, 2.45) is 0 Å². The molecule has 0 spiro atoms. The van der Waals surface area contributed by atoms with Crippen LogP contribution >= 0.6 is 11.6 Å². The summed E-state index contributed by atoms with van der Waals surface area (Å²) in [6, 6.07) is 13.4. The van der Waals surface area contributed by atoms with Crippen molar-refractivity contribution in [1.82, 2.24) is 15.2 Å². The van der Waals surface area contributed by atoms with Gasteiger partial charge in [0.25, 0.3) is 17.5 Å². The number of aromatic amines is 1. The second-order valence-corrected chi connectivity index (χ2v) is 10.5. The van der Waals surface area contributed by atoms with E-state index in [-0.39, 0.29) is 54.0 Å². The van der Waals surface area contributed by atoms with Crippen LogP contribution < -0.4 is 15.0 Å². The van der Waals surface area contributed by atoms with Gasteiger partial charge in [-0.15, -0.1) is 11.6 Å². The monoisotopic (exact) mass is 579 g/mol. The third-order valence-corrected chi connectivity index (χ3v) is 7.53. The molecule has 1 unspecified atom stereocenters. The topological polar surface area (TPSA) is 141 Å². The Labute approximate surface area is 240 Å². The van der Waals surface area contributed by atoms with E-state index in [1.54, 1.807) is 18.2 Å². The Morgan fingerprint density at radius 3 is 2.71 bits per heavy atom. The molecule has 1 aromatic heterocycles. The van der Waals surface area contributed by atoms with Gasteiger partial charge >= 0.3 is 0 Å². The maximum absolute atomic E-state index is 13.8. The molecule has 0 bridgehead atoms. The van der Waals surface area contributed by atoms with Gasteiger partial charge in [0.05, 0.1) is 22.6 Å². The first kappa shape index (κ1) is 28.3. The highest BCUT2D eigenvalue weighted by molar-refractivity contribution is 6.19. The summed E-state index contributed by atoms with van der Waals surface area (Å²) in [6.07, 6.45) is 0.